The van der Waals surface area contributed by atoms with E-state index in [0.717, 1.165) is 6.42 Å². The van der Waals surface area contributed by atoms with Gasteiger partial charge in [0.05, 0.1) is 6.10 Å². The molecule has 0 saturated carbocycles. The average molecular weight is 290 g/mol. The molecule has 3 rings (SSSR count). The van der Waals surface area contributed by atoms with Gasteiger partial charge < -0.3 is 10.0 Å². The number of aliphatic hydroxyl groups is 1. The van der Waals surface area contributed by atoms with E-state index >= 15 is 0 Å². The second-order valence-electron chi connectivity index (χ2n) is 5.50. The molecule has 1 aliphatic heterocycles. The van der Waals surface area contributed by atoms with Gasteiger partial charge >= 0.3 is 5.69 Å². The zero-order valence-electron chi connectivity index (χ0n) is 11.8. The Balaban J connectivity index is 1.75. The third-order valence-corrected chi connectivity index (χ3v) is 4.03. The van der Waals surface area contributed by atoms with Gasteiger partial charge in [-0.05, 0) is 25.5 Å². The molecule has 3 heterocycles. The van der Waals surface area contributed by atoms with Gasteiger partial charge in [0, 0.05) is 25.2 Å². The van der Waals surface area contributed by atoms with E-state index in [-0.39, 0.29) is 24.1 Å². The van der Waals surface area contributed by atoms with E-state index in [1.165, 1.54) is 9.08 Å². The van der Waals surface area contributed by atoms with Gasteiger partial charge in [-0.25, -0.2) is 9.48 Å². The highest BCUT2D eigenvalue weighted by molar-refractivity contribution is 5.76. The Morgan fingerprint density at radius 2 is 2.33 bits per heavy atom. The Morgan fingerprint density at radius 3 is 3.00 bits per heavy atom. The Bertz CT molecular complexity index is 718. The van der Waals surface area contributed by atoms with Gasteiger partial charge in [-0.15, -0.1) is 5.10 Å². The number of aromatic nitrogens is 3. The fourth-order valence-corrected chi connectivity index (χ4v) is 2.71. The fraction of sp³-hybridized carbons (Fsp3) is 0.500. The maximum atomic E-state index is 12.2. The number of amides is 1. The summed E-state index contributed by atoms with van der Waals surface area (Å²) in [7, 11) is 0. The summed E-state index contributed by atoms with van der Waals surface area (Å²) < 4.78 is 2.60. The summed E-state index contributed by atoms with van der Waals surface area (Å²) in [5, 5.41) is 13.7. The topological polar surface area (TPSA) is 79.8 Å². The minimum Gasteiger partial charge on any atom is -0.393 e. The van der Waals surface area contributed by atoms with Gasteiger partial charge in [-0.2, -0.15) is 0 Å². The fourth-order valence-electron chi connectivity index (χ4n) is 2.71. The van der Waals surface area contributed by atoms with Crippen LogP contribution < -0.4 is 5.69 Å². The monoisotopic (exact) mass is 290 g/mol. The lowest BCUT2D eigenvalue weighted by Crippen LogP contribution is -2.36. The minimum atomic E-state index is -0.416. The highest BCUT2D eigenvalue weighted by Gasteiger charge is 2.29. The van der Waals surface area contributed by atoms with Crippen molar-refractivity contribution in [2.24, 2.45) is 5.92 Å². The number of carbonyl (C=O) groups is 1. The molecule has 1 amide bonds. The van der Waals surface area contributed by atoms with Crippen LogP contribution >= 0.6 is 0 Å². The van der Waals surface area contributed by atoms with Gasteiger partial charge in [0.25, 0.3) is 0 Å². The molecule has 2 atom stereocenters. The molecule has 1 saturated heterocycles. The number of likely N-dealkylation sites (tertiary alicyclic amines) is 1. The van der Waals surface area contributed by atoms with Crippen LogP contribution in [0.3, 0.4) is 0 Å². The molecule has 2 aromatic heterocycles. The Hall–Kier alpha value is -2.15. The van der Waals surface area contributed by atoms with Crippen LogP contribution in [0.2, 0.25) is 0 Å². The molecule has 7 heteroatoms. The van der Waals surface area contributed by atoms with Gasteiger partial charge in [-0.3, -0.25) is 9.20 Å². The molecule has 0 aromatic carbocycles. The van der Waals surface area contributed by atoms with E-state index in [4.69, 9.17) is 0 Å². The predicted molar refractivity (Wildman–Crippen MR) is 75.8 cm³/mol. The molecule has 0 radical (unpaired) electrons. The van der Waals surface area contributed by atoms with Crippen LogP contribution in [0.5, 0.6) is 0 Å². The molecule has 1 aliphatic rings. The molecule has 2 unspecified atom stereocenters. The second-order valence-corrected chi connectivity index (χ2v) is 5.50. The molecule has 0 bridgehead atoms. The highest BCUT2D eigenvalue weighted by atomic mass is 16.3. The number of carbonyl (C=O) groups excluding carboxylic acids is 1. The number of rotatable bonds is 3. The molecule has 1 N–H and O–H groups in total. The predicted octanol–water partition coefficient (Wildman–Crippen LogP) is -0.275. The van der Waals surface area contributed by atoms with Gasteiger partial charge in [-0.1, -0.05) is 6.07 Å². The van der Waals surface area contributed by atoms with Crippen LogP contribution in [0.4, 0.5) is 0 Å². The SMILES string of the molecule is CC(O)C1CCN(C(=O)Cn2nc3ccccn3c2=O)C1. The van der Waals surface area contributed by atoms with Crippen molar-refractivity contribution in [1.82, 2.24) is 19.1 Å². The quantitative estimate of drug-likeness (QED) is 0.843. The third kappa shape index (κ3) is 2.56. The first kappa shape index (κ1) is 13.8. The zero-order chi connectivity index (χ0) is 15.0. The number of aliphatic hydroxyl groups excluding tert-OH is 1. The van der Waals surface area contributed by atoms with Crippen molar-refractivity contribution in [2.75, 3.05) is 13.1 Å². The van der Waals surface area contributed by atoms with Crippen molar-refractivity contribution in [1.29, 1.82) is 0 Å². The lowest BCUT2D eigenvalue weighted by atomic mass is 10.0. The molecular formula is C14H18N4O3. The summed E-state index contributed by atoms with van der Waals surface area (Å²) in [6, 6.07) is 5.26. The highest BCUT2D eigenvalue weighted by Crippen LogP contribution is 2.19. The normalized spacial score (nSPS) is 20.1. The van der Waals surface area contributed by atoms with E-state index in [1.807, 2.05) is 0 Å². The van der Waals surface area contributed by atoms with Crippen LogP contribution in [0, 0.1) is 5.92 Å². The zero-order valence-corrected chi connectivity index (χ0v) is 11.8. The van der Waals surface area contributed by atoms with E-state index in [9.17, 15) is 14.7 Å². The molecule has 0 aliphatic carbocycles. The average Bonchev–Trinajstić information content (AvgIpc) is 3.06. The summed E-state index contributed by atoms with van der Waals surface area (Å²) >= 11 is 0. The van der Waals surface area contributed by atoms with Crippen molar-refractivity contribution in [3.05, 3.63) is 34.9 Å². The van der Waals surface area contributed by atoms with E-state index < -0.39 is 6.10 Å². The van der Waals surface area contributed by atoms with Crippen LogP contribution in [0.15, 0.2) is 29.2 Å². The third-order valence-electron chi connectivity index (χ3n) is 4.03. The Kier molecular flexibility index (Phi) is 3.50. The first-order chi connectivity index (χ1) is 10.1. The summed E-state index contributed by atoms with van der Waals surface area (Å²) in [5.41, 5.74) is 0.212. The summed E-state index contributed by atoms with van der Waals surface area (Å²) in [4.78, 5) is 26.0. The van der Waals surface area contributed by atoms with Gasteiger partial charge in [0.15, 0.2) is 5.65 Å². The van der Waals surface area contributed by atoms with Crippen molar-refractivity contribution < 1.29 is 9.90 Å². The van der Waals surface area contributed by atoms with Crippen LogP contribution in [0.25, 0.3) is 5.65 Å². The van der Waals surface area contributed by atoms with Crippen LogP contribution in [-0.2, 0) is 11.3 Å². The maximum absolute atomic E-state index is 12.2. The lowest BCUT2D eigenvalue weighted by molar-refractivity contribution is -0.131. The smallest absolute Gasteiger partial charge is 0.350 e. The maximum Gasteiger partial charge on any atom is 0.350 e. The minimum absolute atomic E-state index is 0.0625. The standard InChI is InChI=1S/C14H18N4O3/c1-10(19)11-5-7-16(8-11)13(20)9-18-14(21)17-6-3-2-4-12(17)15-18/h2-4,6,10-11,19H,5,7-9H2,1H3. The number of nitrogens with zero attached hydrogens (tertiary/aromatic N) is 4. The van der Waals surface area contributed by atoms with E-state index in [1.54, 1.807) is 36.2 Å². The van der Waals surface area contributed by atoms with E-state index in [0.29, 0.717) is 18.7 Å². The van der Waals surface area contributed by atoms with Crippen LogP contribution in [0.1, 0.15) is 13.3 Å². The van der Waals surface area contributed by atoms with Gasteiger partial charge in [0.2, 0.25) is 5.91 Å². The first-order valence-corrected chi connectivity index (χ1v) is 7.06. The number of fused-ring (bicyclic) bond motifs is 1. The molecule has 2 aromatic rings. The first-order valence-electron chi connectivity index (χ1n) is 7.06. The molecule has 1 fully saturated rings. The van der Waals surface area contributed by atoms with Crippen molar-refractivity contribution in [3.8, 4) is 0 Å². The number of pyridine rings is 1. The summed E-state index contributed by atoms with van der Waals surface area (Å²) in [6.07, 6.45) is 2.01. The molecule has 21 heavy (non-hydrogen) atoms. The van der Waals surface area contributed by atoms with Crippen molar-refractivity contribution in [3.63, 3.8) is 0 Å². The largest absolute Gasteiger partial charge is 0.393 e. The second kappa shape index (κ2) is 5.33. The van der Waals surface area contributed by atoms with Gasteiger partial charge in [0.1, 0.15) is 6.54 Å². The number of hydrogen-bond acceptors (Lipinski definition) is 4. The van der Waals surface area contributed by atoms with Crippen LogP contribution in [-0.4, -0.2) is 49.3 Å². The van der Waals surface area contributed by atoms with Crippen molar-refractivity contribution >= 4 is 11.6 Å². The molecule has 7 nitrogen and oxygen atoms in total. The Morgan fingerprint density at radius 1 is 1.52 bits per heavy atom. The number of hydrogen-bond donors (Lipinski definition) is 1. The summed E-state index contributed by atoms with van der Waals surface area (Å²) in [6.45, 7) is 2.84. The lowest BCUT2D eigenvalue weighted by Gasteiger charge is -2.17. The molecular weight excluding hydrogens is 272 g/mol. The Labute approximate surface area is 121 Å². The van der Waals surface area contributed by atoms with Crippen molar-refractivity contribution in [2.45, 2.75) is 26.0 Å². The molecule has 0 spiro atoms. The molecule has 112 valence electrons. The summed E-state index contributed by atoms with van der Waals surface area (Å²) in [5.74, 6) is -0.0182. The van der Waals surface area contributed by atoms with E-state index in [2.05, 4.69) is 5.10 Å².